The SMILES string of the molecule is C=C1CC(CC)CCC1=O. The Bertz CT molecular complexity index is 158. The predicted octanol–water partition coefficient (Wildman–Crippen LogP) is 2.32. The number of rotatable bonds is 1. The Morgan fingerprint density at radius 2 is 2.40 bits per heavy atom. The van der Waals surface area contributed by atoms with Crippen LogP contribution in [0.1, 0.15) is 32.6 Å². The maximum atomic E-state index is 11.0. The lowest BCUT2D eigenvalue weighted by molar-refractivity contribution is -0.117. The first-order valence-corrected chi connectivity index (χ1v) is 3.95. The van der Waals surface area contributed by atoms with Crippen LogP contribution in [0.15, 0.2) is 12.2 Å². The molecule has 1 nitrogen and oxygen atoms in total. The van der Waals surface area contributed by atoms with E-state index in [2.05, 4.69) is 13.5 Å². The molecule has 1 unspecified atom stereocenters. The van der Waals surface area contributed by atoms with E-state index in [1.807, 2.05) is 0 Å². The molecule has 0 aromatic heterocycles. The lowest BCUT2D eigenvalue weighted by Crippen LogP contribution is -2.15. The second kappa shape index (κ2) is 3.00. The number of hydrogen-bond donors (Lipinski definition) is 0. The number of carbonyl (C=O) groups is 1. The van der Waals surface area contributed by atoms with E-state index in [0.717, 1.165) is 30.8 Å². The van der Waals surface area contributed by atoms with Gasteiger partial charge in [0.15, 0.2) is 5.78 Å². The summed E-state index contributed by atoms with van der Waals surface area (Å²) in [5.74, 6) is 1.01. The molecule has 0 amide bonds. The normalized spacial score (nSPS) is 27.1. The van der Waals surface area contributed by atoms with Crippen LogP contribution in [0.5, 0.6) is 0 Å². The predicted molar refractivity (Wildman–Crippen MR) is 41.8 cm³/mol. The van der Waals surface area contributed by atoms with Crippen LogP contribution in [0.3, 0.4) is 0 Å². The molecule has 1 aliphatic carbocycles. The molecule has 0 saturated heterocycles. The molecule has 10 heavy (non-hydrogen) atoms. The minimum Gasteiger partial charge on any atom is -0.295 e. The molecule has 0 spiro atoms. The molecule has 0 aromatic rings. The number of hydrogen-bond acceptors (Lipinski definition) is 1. The van der Waals surface area contributed by atoms with Crippen molar-refractivity contribution in [1.29, 1.82) is 0 Å². The smallest absolute Gasteiger partial charge is 0.158 e. The third-order valence-electron chi connectivity index (χ3n) is 2.29. The van der Waals surface area contributed by atoms with Gasteiger partial charge in [-0.25, -0.2) is 0 Å². The van der Waals surface area contributed by atoms with Crippen LogP contribution in [0.2, 0.25) is 0 Å². The molecule has 0 aromatic carbocycles. The monoisotopic (exact) mass is 138 g/mol. The van der Waals surface area contributed by atoms with E-state index in [4.69, 9.17) is 0 Å². The van der Waals surface area contributed by atoms with Crippen LogP contribution in [0.25, 0.3) is 0 Å². The summed E-state index contributed by atoms with van der Waals surface area (Å²) in [4.78, 5) is 11.0. The number of Topliss-reactive ketones (excluding diaryl/α,β-unsaturated/α-hetero) is 1. The fourth-order valence-corrected chi connectivity index (χ4v) is 1.42. The van der Waals surface area contributed by atoms with Gasteiger partial charge in [0.2, 0.25) is 0 Å². The van der Waals surface area contributed by atoms with Crippen molar-refractivity contribution in [3.05, 3.63) is 12.2 Å². The molecular formula is C9H14O. The molecular weight excluding hydrogens is 124 g/mol. The molecule has 1 saturated carbocycles. The fraction of sp³-hybridized carbons (Fsp3) is 0.667. The van der Waals surface area contributed by atoms with E-state index in [0.29, 0.717) is 0 Å². The Labute approximate surface area is 62.1 Å². The number of carbonyl (C=O) groups excluding carboxylic acids is 1. The molecule has 0 aliphatic heterocycles. The van der Waals surface area contributed by atoms with Gasteiger partial charge in [0.1, 0.15) is 0 Å². The van der Waals surface area contributed by atoms with Gasteiger partial charge in [0, 0.05) is 6.42 Å². The van der Waals surface area contributed by atoms with Gasteiger partial charge in [-0.2, -0.15) is 0 Å². The van der Waals surface area contributed by atoms with Crippen molar-refractivity contribution in [3.63, 3.8) is 0 Å². The summed E-state index contributed by atoms with van der Waals surface area (Å²) < 4.78 is 0. The van der Waals surface area contributed by atoms with Gasteiger partial charge in [0.05, 0.1) is 0 Å². The molecule has 1 heteroatoms. The fourth-order valence-electron chi connectivity index (χ4n) is 1.42. The summed E-state index contributed by atoms with van der Waals surface area (Å²) in [7, 11) is 0. The first-order chi connectivity index (χ1) is 4.74. The Morgan fingerprint density at radius 1 is 1.70 bits per heavy atom. The maximum absolute atomic E-state index is 11.0. The van der Waals surface area contributed by atoms with Crippen molar-refractivity contribution in [3.8, 4) is 0 Å². The van der Waals surface area contributed by atoms with Crippen LogP contribution < -0.4 is 0 Å². The summed E-state index contributed by atoms with van der Waals surface area (Å²) in [6.45, 7) is 5.92. The summed E-state index contributed by atoms with van der Waals surface area (Å²) in [6.07, 6.45) is 3.94. The highest BCUT2D eigenvalue weighted by molar-refractivity contribution is 5.95. The van der Waals surface area contributed by atoms with Crippen molar-refractivity contribution in [2.24, 2.45) is 5.92 Å². The zero-order valence-corrected chi connectivity index (χ0v) is 6.52. The first kappa shape index (κ1) is 7.52. The van der Waals surface area contributed by atoms with E-state index in [9.17, 15) is 4.79 Å². The van der Waals surface area contributed by atoms with Gasteiger partial charge >= 0.3 is 0 Å². The summed E-state index contributed by atoms with van der Waals surface area (Å²) in [5.41, 5.74) is 0.845. The highest BCUT2D eigenvalue weighted by Crippen LogP contribution is 2.26. The maximum Gasteiger partial charge on any atom is 0.158 e. The standard InChI is InChI=1S/C9H14O/c1-3-8-4-5-9(10)7(2)6-8/h8H,2-6H2,1H3. The zero-order chi connectivity index (χ0) is 7.56. The van der Waals surface area contributed by atoms with Crippen molar-refractivity contribution in [2.75, 3.05) is 0 Å². The molecule has 1 rings (SSSR count). The van der Waals surface area contributed by atoms with Crippen molar-refractivity contribution in [1.82, 2.24) is 0 Å². The molecule has 1 aliphatic rings. The average molecular weight is 138 g/mol. The third-order valence-corrected chi connectivity index (χ3v) is 2.29. The molecule has 0 heterocycles. The summed E-state index contributed by atoms with van der Waals surface area (Å²) in [5, 5.41) is 0. The molecule has 56 valence electrons. The highest BCUT2D eigenvalue weighted by Gasteiger charge is 2.19. The number of allylic oxidation sites excluding steroid dienone is 1. The van der Waals surface area contributed by atoms with Crippen molar-refractivity contribution >= 4 is 5.78 Å². The first-order valence-electron chi connectivity index (χ1n) is 3.95. The van der Waals surface area contributed by atoms with Gasteiger partial charge in [-0.1, -0.05) is 19.9 Å². The van der Waals surface area contributed by atoms with E-state index >= 15 is 0 Å². The van der Waals surface area contributed by atoms with Crippen molar-refractivity contribution < 1.29 is 4.79 Å². The van der Waals surface area contributed by atoms with Gasteiger partial charge in [-0.05, 0) is 24.3 Å². The second-order valence-electron chi connectivity index (χ2n) is 3.04. The van der Waals surface area contributed by atoms with Gasteiger partial charge < -0.3 is 0 Å². The Balaban J connectivity index is 2.48. The van der Waals surface area contributed by atoms with E-state index < -0.39 is 0 Å². The van der Waals surface area contributed by atoms with Crippen molar-refractivity contribution in [2.45, 2.75) is 32.6 Å². The van der Waals surface area contributed by atoms with Crippen LogP contribution in [-0.4, -0.2) is 5.78 Å². The lowest BCUT2D eigenvalue weighted by Gasteiger charge is -2.20. The quantitative estimate of drug-likeness (QED) is 0.508. The van der Waals surface area contributed by atoms with Crippen LogP contribution in [0, 0.1) is 5.92 Å². The minimum absolute atomic E-state index is 0.282. The van der Waals surface area contributed by atoms with Gasteiger partial charge in [0.25, 0.3) is 0 Å². The molecule has 0 N–H and O–H groups in total. The highest BCUT2D eigenvalue weighted by atomic mass is 16.1. The zero-order valence-electron chi connectivity index (χ0n) is 6.52. The molecule has 0 radical (unpaired) electrons. The Kier molecular flexibility index (Phi) is 2.25. The summed E-state index contributed by atoms with van der Waals surface area (Å²) >= 11 is 0. The second-order valence-corrected chi connectivity index (χ2v) is 3.04. The molecule has 1 atom stereocenters. The molecule has 0 bridgehead atoms. The van der Waals surface area contributed by atoms with E-state index in [1.165, 1.54) is 6.42 Å². The van der Waals surface area contributed by atoms with Crippen LogP contribution >= 0.6 is 0 Å². The summed E-state index contributed by atoms with van der Waals surface area (Å²) in [6, 6.07) is 0. The Morgan fingerprint density at radius 3 is 2.90 bits per heavy atom. The van der Waals surface area contributed by atoms with Gasteiger partial charge in [-0.3, -0.25) is 4.79 Å². The minimum atomic E-state index is 0.282. The molecule has 1 fully saturated rings. The largest absolute Gasteiger partial charge is 0.295 e. The number of ketones is 1. The topological polar surface area (TPSA) is 17.1 Å². The average Bonchev–Trinajstić information content (AvgIpc) is 1.95. The van der Waals surface area contributed by atoms with Crippen LogP contribution in [-0.2, 0) is 4.79 Å². The van der Waals surface area contributed by atoms with E-state index in [-0.39, 0.29) is 5.78 Å². The van der Waals surface area contributed by atoms with Gasteiger partial charge in [-0.15, -0.1) is 0 Å². The third kappa shape index (κ3) is 1.47. The van der Waals surface area contributed by atoms with E-state index in [1.54, 1.807) is 0 Å². The van der Waals surface area contributed by atoms with Crippen LogP contribution in [0.4, 0.5) is 0 Å². The Hall–Kier alpha value is -0.590. The lowest BCUT2D eigenvalue weighted by atomic mass is 9.84.